The lowest BCUT2D eigenvalue weighted by atomic mass is 9.94. The summed E-state index contributed by atoms with van der Waals surface area (Å²) in [5, 5.41) is 3.01. The Labute approximate surface area is 222 Å². The van der Waals surface area contributed by atoms with E-state index in [1.54, 1.807) is 36.8 Å². The van der Waals surface area contributed by atoms with Crippen LogP contribution < -0.4 is 10.9 Å². The van der Waals surface area contributed by atoms with Crippen molar-refractivity contribution < 1.29 is 14.3 Å². The Kier molecular flexibility index (Phi) is 8.16. The molecule has 2 aromatic carbocycles. The molecule has 4 rings (SSSR count). The molecule has 0 fully saturated rings. The Hall–Kier alpha value is -4.52. The Morgan fingerprint density at radius 1 is 0.921 bits per heavy atom. The second-order valence-corrected chi connectivity index (χ2v) is 9.38. The normalized spacial score (nSPS) is 12.4. The zero-order chi connectivity index (χ0) is 27.2. The molecule has 0 aliphatic heterocycles. The van der Waals surface area contributed by atoms with Gasteiger partial charge in [0.05, 0.1) is 19.6 Å². The molecule has 2 atom stereocenters. The SMILES string of the molecule is COC(=O)C[C@H](NC(=O)C(c1ccccc1)n1cc(C)ccc1=O)c1cncc(-c2c(C)cccc2C)c1. The maximum Gasteiger partial charge on any atom is 0.307 e. The number of hydrogen-bond donors (Lipinski definition) is 1. The van der Waals surface area contributed by atoms with Crippen LogP contribution in [-0.2, 0) is 14.3 Å². The molecule has 194 valence electrons. The van der Waals surface area contributed by atoms with Crippen molar-refractivity contribution in [3.8, 4) is 11.1 Å². The topological polar surface area (TPSA) is 90.3 Å². The molecule has 0 bridgehead atoms. The Bertz CT molecular complexity index is 1490. The van der Waals surface area contributed by atoms with Crippen molar-refractivity contribution in [3.63, 3.8) is 0 Å². The van der Waals surface area contributed by atoms with Crippen molar-refractivity contribution in [2.45, 2.75) is 39.3 Å². The quantitative estimate of drug-likeness (QED) is 0.343. The summed E-state index contributed by atoms with van der Waals surface area (Å²) in [6.07, 6.45) is 4.98. The summed E-state index contributed by atoms with van der Waals surface area (Å²) in [5.74, 6) is -0.896. The monoisotopic (exact) mass is 509 g/mol. The molecule has 0 aliphatic rings. The van der Waals surface area contributed by atoms with Gasteiger partial charge in [-0.15, -0.1) is 0 Å². The third-order valence-corrected chi connectivity index (χ3v) is 6.57. The number of ether oxygens (including phenoxy) is 1. The zero-order valence-corrected chi connectivity index (χ0v) is 22.0. The van der Waals surface area contributed by atoms with Crippen LogP contribution in [0.3, 0.4) is 0 Å². The number of aryl methyl sites for hydroxylation is 3. The molecule has 0 radical (unpaired) electrons. The van der Waals surface area contributed by atoms with Gasteiger partial charge in [-0.2, -0.15) is 0 Å². The molecule has 38 heavy (non-hydrogen) atoms. The fourth-order valence-corrected chi connectivity index (χ4v) is 4.70. The number of carbonyl (C=O) groups excluding carboxylic acids is 2. The van der Waals surface area contributed by atoms with Gasteiger partial charge in [0.2, 0.25) is 5.91 Å². The van der Waals surface area contributed by atoms with Gasteiger partial charge >= 0.3 is 5.97 Å². The van der Waals surface area contributed by atoms with Crippen LogP contribution in [0.15, 0.2) is 90.1 Å². The van der Waals surface area contributed by atoms with E-state index in [0.717, 1.165) is 27.8 Å². The molecule has 4 aromatic rings. The maximum absolute atomic E-state index is 13.9. The molecule has 1 unspecified atom stereocenters. The third-order valence-electron chi connectivity index (χ3n) is 6.57. The number of benzene rings is 2. The van der Waals surface area contributed by atoms with Crippen molar-refractivity contribution in [1.29, 1.82) is 0 Å². The minimum atomic E-state index is -0.932. The largest absolute Gasteiger partial charge is 0.469 e. The number of pyridine rings is 2. The molecular weight excluding hydrogens is 478 g/mol. The maximum atomic E-state index is 13.9. The number of methoxy groups -OCH3 is 1. The Balaban J connectivity index is 1.76. The molecule has 2 heterocycles. The minimum Gasteiger partial charge on any atom is -0.469 e. The number of amides is 1. The number of rotatable bonds is 8. The van der Waals surface area contributed by atoms with Crippen LogP contribution in [0.25, 0.3) is 11.1 Å². The summed E-state index contributed by atoms with van der Waals surface area (Å²) in [5.41, 5.74) is 5.98. The van der Waals surface area contributed by atoms with Gasteiger partial charge in [0.25, 0.3) is 5.56 Å². The average Bonchev–Trinajstić information content (AvgIpc) is 2.91. The Morgan fingerprint density at radius 2 is 1.63 bits per heavy atom. The van der Waals surface area contributed by atoms with E-state index in [4.69, 9.17) is 4.74 Å². The highest BCUT2D eigenvalue weighted by Gasteiger charge is 2.28. The summed E-state index contributed by atoms with van der Waals surface area (Å²) in [6.45, 7) is 5.93. The van der Waals surface area contributed by atoms with E-state index in [0.29, 0.717) is 11.1 Å². The lowest BCUT2D eigenvalue weighted by Crippen LogP contribution is -2.40. The fraction of sp³-hybridized carbons (Fsp3) is 0.226. The standard InChI is InChI=1S/C31H31N3O4/c1-20-13-14-27(35)34(19-20)30(23-11-6-5-7-12-23)31(37)33-26(16-28(36)38-4)24-15-25(18-32-17-24)29-21(2)9-8-10-22(29)3/h5-15,17-19,26,30H,16H2,1-4H3,(H,33,37)/t26-,30?/m0/s1. The van der Waals surface area contributed by atoms with Crippen LogP contribution in [0.5, 0.6) is 0 Å². The van der Waals surface area contributed by atoms with Crippen molar-refractivity contribution in [3.05, 3.63) is 123 Å². The highest BCUT2D eigenvalue weighted by molar-refractivity contribution is 5.85. The molecular formula is C31H31N3O4. The van der Waals surface area contributed by atoms with Gasteiger partial charge in [-0.3, -0.25) is 23.9 Å². The number of nitrogens with zero attached hydrogens (tertiary/aromatic N) is 2. The highest BCUT2D eigenvalue weighted by Crippen LogP contribution is 2.30. The first-order valence-corrected chi connectivity index (χ1v) is 12.4. The zero-order valence-electron chi connectivity index (χ0n) is 22.0. The van der Waals surface area contributed by atoms with Gasteiger partial charge in [-0.1, -0.05) is 54.6 Å². The number of esters is 1. The molecule has 0 spiro atoms. The van der Waals surface area contributed by atoms with Gasteiger partial charge in [-0.25, -0.2) is 0 Å². The molecule has 0 aliphatic carbocycles. The van der Waals surface area contributed by atoms with Crippen molar-refractivity contribution in [2.24, 2.45) is 0 Å². The number of aromatic nitrogens is 2. The first-order chi connectivity index (χ1) is 18.3. The predicted octanol–water partition coefficient (Wildman–Crippen LogP) is 4.85. The summed E-state index contributed by atoms with van der Waals surface area (Å²) < 4.78 is 6.35. The fourth-order valence-electron chi connectivity index (χ4n) is 4.70. The van der Waals surface area contributed by atoms with Gasteiger partial charge < -0.3 is 10.1 Å². The van der Waals surface area contributed by atoms with Crippen molar-refractivity contribution in [2.75, 3.05) is 7.11 Å². The smallest absolute Gasteiger partial charge is 0.307 e. The van der Waals surface area contributed by atoms with E-state index in [1.165, 1.54) is 17.7 Å². The van der Waals surface area contributed by atoms with Crippen LogP contribution in [0.4, 0.5) is 0 Å². The van der Waals surface area contributed by atoms with Gasteiger partial charge in [0.1, 0.15) is 6.04 Å². The lowest BCUT2D eigenvalue weighted by Gasteiger charge is -2.25. The van der Waals surface area contributed by atoms with Crippen molar-refractivity contribution in [1.82, 2.24) is 14.9 Å². The van der Waals surface area contributed by atoms with Gasteiger partial charge in [-0.05, 0) is 60.2 Å². The third kappa shape index (κ3) is 5.89. The molecule has 2 aromatic heterocycles. The second kappa shape index (κ2) is 11.7. The van der Waals surface area contributed by atoms with Crippen molar-refractivity contribution >= 4 is 11.9 Å². The highest BCUT2D eigenvalue weighted by atomic mass is 16.5. The lowest BCUT2D eigenvalue weighted by molar-refractivity contribution is -0.141. The van der Waals surface area contributed by atoms with E-state index >= 15 is 0 Å². The molecule has 0 saturated heterocycles. The summed E-state index contributed by atoms with van der Waals surface area (Å²) in [4.78, 5) is 43.5. The summed E-state index contributed by atoms with van der Waals surface area (Å²) >= 11 is 0. The molecule has 1 N–H and O–H groups in total. The predicted molar refractivity (Wildman–Crippen MR) is 147 cm³/mol. The number of hydrogen-bond acceptors (Lipinski definition) is 5. The minimum absolute atomic E-state index is 0.0929. The molecule has 1 amide bonds. The van der Waals surface area contributed by atoms with Gasteiger partial charge in [0.15, 0.2) is 0 Å². The average molecular weight is 510 g/mol. The van der Waals surface area contributed by atoms with E-state index < -0.39 is 24.0 Å². The number of nitrogens with one attached hydrogen (secondary N) is 1. The van der Waals surface area contributed by atoms with Crippen LogP contribution >= 0.6 is 0 Å². The first-order valence-electron chi connectivity index (χ1n) is 12.4. The van der Waals surface area contributed by atoms with E-state index in [-0.39, 0.29) is 12.0 Å². The van der Waals surface area contributed by atoms with Crippen LogP contribution in [0.2, 0.25) is 0 Å². The summed E-state index contributed by atoms with van der Waals surface area (Å²) in [6, 6.07) is 18.6. The molecule has 0 saturated carbocycles. The Morgan fingerprint density at radius 3 is 2.32 bits per heavy atom. The van der Waals surface area contributed by atoms with E-state index in [2.05, 4.69) is 10.3 Å². The van der Waals surface area contributed by atoms with Gasteiger partial charge in [0, 0.05) is 30.2 Å². The molecule has 7 heteroatoms. The molecule has 7 nitrogen and oxygen atoms in total. The van der Waals surface area contributed by atoms with Crippen LogP contribution in [0.1, 0.15) is 46.3 Å². The first kappa shape index (κ1) is 26.5. The van der Waals surface area contributed by atoms with E-state index in [1.807, 2.05) is 63.2 Å². The van der Waals surface area contributed by atoms with E-state index in [9.17, 15) is 14.4 Å². The van der Waals surface area contributed by atoms with Crippen LogP contribution in [0, 0.1) is 20.8 Å². The van der Waals surface area contributed by atoms with Crippen LogP contribution in [-0.4, -0.2) is 28.5 Å². The summed E-state index contributed by atoms with van der Waals surface area (Å²) in [7, 11) is 1.31. The number of carbonyl (C=O) groups is 2. The second-order valence-electron chi connectivity index (χ2n) is 9.38.